The van der Waals surface area contributed by atoms with E-state index >= 15 is 0 Å². The maximum Gasteiger partial charge on any atom is 0.336 e. The lowest BCUT2D eigenvalue weighted by atomic mass is 9.85. The summed E-state index contributed by atoms with van der Waals surface area (Å²) in [5, 5.41) is 18.6. The van der Waals surface area contributed by atoms with Crippen LogP contribution in [0.5, 0.6) is 0 Å². The summed E-state index contributed by atoms with van der Waals surface area (Å²) in [7, 11) is 0. The maximum absolute atomic E-state index is 11.5. The molecule has 0 aliphatic heterocycles. The Kier molecular flexibility index (Phi) is 4.28. The minimum absolute atomic E-state index is 0.00323. The lowest BCUT2D eigenvalue weighted by Gasteiger charge is -2.19. The Morgan fingerprint density at radius 3 is 1.83 bits per heavy atom. The highest BCUT2D eigenvalue weighted by Gasteiger charge is 2.19. The number of aromatic carboxylic acids is 2. The SMILES string of the molecule is Cc1cc(-c2ccc(C(C)(C)C)cc2)c(C(=O)O)cc1C(=O)O. The maximum atomic E-state index is 11.5. The summed E-state index contributed by atoms with van der Waals surface area (Å²) < 4.78 is 0. The van der Waals surface area contributed by atoms with Crippen LogP contribution in [-0.2, 0) is 5.41 Å². The molecule has 0 unspecified atom stereocenters. The molecule has 0 radical (unpaired) electrons. The van der Waals surface area contributed by atoms with Crippen molar-refractivity contribution in [3.8, 4) is 11.1 Å². The fraction of sp³-hybridized carbons (Fsp3) is 0.263. The fourth-order valence-electron chi connectivity index (χ4n) is 2.50. The van der Waals surface area contributed by atoms with Gasteiger partial charge in [0.15, 0.2) is 0 Å². The van der Waals surface area contributed by atoms with Gasteiger partial charge in [-0.3, -0.25) is 0 Å². The summed E-state index contributed by atoms with van der Waals surface area (Å²) >= 11 is 0. The molecule has 120 valence electrons. The second-order valence-electron chi connectivity index (χ2n) is 6.65. The Hall–Kier alpha value is -2.62. The number of carboxylic acid groups (broad SMARTS) is 2. The Morgan fingerprint density at radius 2 is 1.39 bits per heavy atom. The van der Waals surface area contributed by atoms with Crippen LogP contribution in [0, 0.1) is 6.92 Å². The average Bonchev–Trinajstić information content (AvgIpc) is 2.45. The Morgan fingerprint density at radius 1 is 0.870 bits per heavy atom. The van der Waals surface area contributed by atoms with E-state index in [0.29, 0.717) is 11.1 Å². The quantitative estimate of drug-likeness (QED) is 0.883. The first-order chi connectivity index (χ1) is 10.6. The summed E-state index contributed by atoms with van der Waals surface area (Å²) in [5.41, 5.74) is 3.00. The van der Waals surface area contributed by atoms with Gasteiger partial charge in [-0.15, -0.1) is 0 Å². The summed E-state index contributed by atoms with van der Waals surface area (Å²) in [4.78, 5) is 22.7. The van der Waals surface area contributed by atoms with Gasteiger partial charge in [-0.1, -0.05) is 45.0 Å². The van der Waals surface area contributed by atoms with E-state index < -0.39 is 11.9 Å². The highest BCUT2D eigenvalue weighted by Crippen LogP contribution is 2.30. The number of carbonyl (C=O) groups is 2. The average molecular weight is 312 g/mol. The third-order valence-electron chi connectivity index (χ3n) is 3.89. The minimum Gasteiger partial charge on any atom is -0.478 e. The summed E-state index contributed by atoms with van der Waals surface area (Å²) in [6, 6.07) is 10.6. The molecule has 0 atom stereocenters. The molecule has 0 fully saturated rings. The van der Waals surface area contributed by atoms with Gasteiger partial charge in [0.05, 0.1) is 11.1 Å². The Labute approximate surface area is 135 Å². The van der Waals surface area contributed by atoms with Crippen molar-refractivity contribution in [1.29, 1.82) is 0 Å². The number of carboxylic acids is 2. The van der Waals surface area contributed by atoms with Crippen LogP contribution in [0.4, 0.5) is 0 Å². The molecule has 2 rings (SSSR count). The van der Waals surface area contributed by atoms with Crippen molar-refractivity contribution in [2.45, 2.75) is 33.1 Å². The topological polar surface area (TPSA) is 74.6 Å². The van der Waals surface area contributed by atoms with E-state index in [9.17, 15) is 14.7 Å². The summed E-state index contributed by atoms with van der Waals surface area (Å²) in [5.74, 6) is -2.26. The predicted octanol–water partition coefficient (Wildman–Crippen LogP) is 4.36. The van der Waals surface area contributed by atoms with Crippen molar-refractivity contribution in [3.63, 3.8) is 0 Å². The first-order valence-corrected chi connectivity index (χ1v) is 7.33. The zero-order valence-electron chi connectivity index (χ0n) is 13.7. The molecule has 0 aromatic heterocycles. The van der Waals surface area contributed by atoms with Crippen LogP contribution >= 0.6 is 0 Å². The van der Waals surface area contributed by atoms with Gasteiger partial charge in [0.25, 0.3) is 0 Å². The third kappa shape index (κ3) is 3.42. The molecule has 2 aromatic carbocycles. The number of aryl methyl sites for hydroxylation is 1. The lowest BCUT2D eigenvalue weighted by Crippen LogP contribution is -2.10. The second kappa shape index (κ2) is 5.88. The van der Waals surface area contributed by atoms with Gasteiger partial charge in [0.2, 0.25) is 0 Å². The van der Waals surface area contributed by atoms with Crippen LogP contribution in [-0.4, -0.2) is 22.2 Å². The van der Waals surface area contributed by atoms with Crippen LogP contribution in [0.3, 0.4) is 0 Å². The molecule has 0 aliphatic carbocycles. The van der Waals surface area contributed by atoms with Crippen molar-refractivity contribution in [2.24, 2.45) is 0 Å². The molecule has 0 heterocycles. The summed E-state index contributed by atoms with van der Waals surface area (Å²) in [6.45, 7) is 7.99. The predicted molar refractivity (Wildman–Crippen MR) is 89.2 cm³/mol. The Balaban J connectivity index is 2.61. The molecule has 0 spiro atoms. The largest absolute Gasteiger partial charge is 0.478 e. The van der Waals surface area contributed by atoms with E-state index in [1.807, 2.05) is 24.3 Å². The fourth-order valence-corrected chi connectivity index (χ4v) is 2.50. The lowest BCUT2D eigenvalue weighted by molar-refractivity contribution is 0.0695. The van der Waals surface area contributed by atoms with Gasteiger partial charge in [0, 0.05) is 0 Å². The van der Waals surface area contributed by atoms with E-state index in [1.54, 1.807) is 13.0 Å². The molecule has 4 heteroatoms. The van der Waals surface area contributed by atoms with Gasteiger partial charge in [0.1, 0.15) is 0 Å². The van der Waals surface area contributed by atoms with Gasteiger partial charge >= 0.3 is 11.9 Å². The van der Waals surface area contributed by atoms with Crippen molar-refractivity contribution in [2.75, 3.05) is 0 Å². The van der Waals surface area contributed by atoms with Crippen LogP contribution in [0.15, 0.2) is 36.4 Å². The van der Waals surface area contributed by atoms with Gasteiger partial charge in [-0.25, -0.2) is 9.59 Å². The van der Waals surface area contributed by atoms with Gasteiger partial charge in [-0.2, -0.15) is 0 Å². The van der Waals surface area contributed by atoms with E-state index in [1.165, 1.54) is 6.07 Å². The molecular formula is C19H20O4. The zero-order chi connectivity index (χ0) is 17.4. The van der Waals surface area contributed by atoms with Gasteiger partial charge in [-0.05, 0) is 46.7 Å². The number of hydrogen-bond acceptors (Lipinski definition) is 2. The van der Waals surface area contributed by atoms with Crippen LogP contribution in [0.1, 0.15) is 52.6 Å². The molecule has 0 saturated heterocycles. The number of hydrogen-bond donors (Lipinski definition) is 2. The molecule has 0 amide bonds. The van der Waals surface area contributed by atoms with Crippen LogP contribution in [0.25, 0.3) is 11.1 Å². The van der Waals surface area contributed by atoms with Crippen molar-refractivity contribution < 1.29 is 19.8 Å². The van der Waals surface area contributed by atoms with Crippen molar-refractivity contribution >= 4 is 11.9 Å². The number of benzene rings is 2. The summed E-state index contributed by atoms with van der Waals surface area (Å²) in [6.07, 6.45) is 0. The molecule has 0 bridgehead atoms. The zero-order valence-corrected chi connectivity index (χ0v) is 13.7. The van der Waals surface area contributed by atoms with Crippen molar-refractivity contribution in [1.82, 2.24) is 0 Å². The molecule has 0 saturated carbocycles. The molecule has 2 N–H and O–H groups in total. The molecule has 23 heavy (non-hydrogen) atoms. The normalized spacial score (nSPS) is 11.3. The van der Waals surface area contributed by atoms with Crippen LogP contribution < -0.4 is 0 Å². The first-order valence-electron chi connectivity index (χ1n) is 7.33. The highest BCUT2D eigenvalue weighted by molar-refractivity contribution is 6.00. The highest BCUT2D eigenvalue weighted by atomic mass is 16.4. The second-order valence-corrected chi connectivity index (χ2v) is 6.65. The van der Waals surface area contributed by atoms with E-state index in [2.05, 4.69) is 20.8 Å². The Bertz CT molecular complexity index is 765. The molecule has 2 aromatic rings. The smallest absolute Gasteiger partial charge is 0.336 e. The standard InChI is InChI=1S/C19H20O4/c1-11-9-15(16(18(22)23)10-14(11)17(20)21)12-5-7-13(8-6-12)19(2,3)4/h5-10H,1-4H3,(H,20,21)(H,22,23). The molecule has 4 nitrogen and oxygen atoms in total. The number of rotatable bonds is 3. The monoisotopic (exact) mass is 312 g/mol. The van der Waals surface area contributed by atoms with Gasteiger partial charge < -0.3 is 10.2 Å². The van der Waals surface area contributed by atoms with Crippen molar-refractivity contribution in [3.05, 3.63) is 58.7 Å². The minimum atomic E-state index is -1.14. The van der Waals surface area contributed by atoms with E-state index in [0.717, 1.165) is 11.1 Å². The first kappa shape index (κ1) is 16.7. The van der Waals surface area contributed by atoms with E-state index in [-0.39, 0.29) is 16.5 Å². The van der Waals surface area contributed by atoms with E-state index in [4.69, 9.17) is 5.11 Å². The molecule has 0 aliphatic rings. The third-order valence-corrected chi connectivity index (χ3v) is 3.89. The molecular weight excluding hydrogens is 292 g/mol. The van der Waals surface area contributed by atoms with Crippen LogP contribution in [0.2, 0.25) is 0 Å².